The molecule has 0 radical (unpaired) electrons. The molecule has 0 aliphatic carbocycles. The number of nitrogens with one attached hydrogen (secondary N) is 1. The molecule has 6 heteroatoms. The number of rotatable bonds is 3. The summed E-state index contributed by atoms with van der Waals surface area (Å²) >= 11 is 0. The average Bonchev–Trinajstić information content (AvgIpc) is 2.87. The van der Waals surface area contributed by atoms with Gasteiger partial charge in [0.15, 0.2) is 0 Å². The fourth-order valence-corrected chi connectivity index (χ4v) is 1.96. The predicted molar refractivity (Wildman–Crippen MR) is 60.3 cm³/mol. The number of carbonyl (C=O) groups excluding carboxylic acids is 2. The molecule has 94 valence electrons. The smallest absolute Gasteiger partial charge is 0.331 e. The number of nitrogens with zero attached hydrogens (tertiary/aromatic N) is 2. The first-order chi connectivity index (χ1) is 8.11. The van der Waals surface area contributed by atoms with Gasteiger partial charge in [0.25, 0.3) is 6.35 Å². The van der Waals surface area contributed by atoms with E-state index in [4.69, 9.17) is 4.74 Å². The van der Waals surface area contributed by atoms with Gasteiger partial charge in [-0.05, 0) is 13.3 Å². The summed E-state index contributed by atoms with van der Waals surface area (Å²) in [6.07, 6.45) is 4.26. The summed E-state index contributed by atoms with van der Waals surface area (Å²) in [6, 6.07) is -0.491. The first kappa shape index (κ1) is 11.8. The van der Waals surface area contributed by atoms with Gasteiger partial charge in [0.05, 0.1) is 0 Å². The quantitative estimate of drug-likeness (QED) is 0.693. The van der Waals surface area contributed by atoms with Crippen LogP contribution in [0.25, 0.3) is 0 Å². The monoisotopic (exact) mass is 239 g/mol. The van der Waals surface area contributed by atoms with Gasteiger partial charge in [-0.2, -0.15) is 0 Å². The fraction of sp³-hybridized carbons (Fsp3) is 0.636. The topological polar surface area (TPSA) is 61.9 Å². The molecule has 6 nitrogen and oxygen atoms in total. The lowest BCUT2D eigenvalue weighted by atomic mass is 10.2. The van der Waals surface area contributed by atoms with E-state index in [1.807, 2.05) is 36.2 Å². The van der Waals surface area contributed by atoms with Crippen molar-refractivity contribution in [3.63, 3.8) is 0 Å². The van der Waals surface area contributed by atoms with Crippen molar-refractivity contribution < 1.29 is 14.3 Å². The van der Waals surface area contributed by atoms with Gasteiger partial charge < -0.3 is 19.9 Å². The third-order valence-electron chi connectivity index (χ3n) is 2.99. The molecule has 2 aliphatic rings. The minimum absolute atomic E-state index is 0.0859. The molecular formula is C11H17N3O3. The molecule has 17 heavy (non-hydrogen) atoms. The van der Waals surface area contributed by atoms with Crippen LogP contribution in [0, 0.1) is 0 Å². The number of ether oxygens (including phenoxy) is 1. The molecule has 2 aliphatic heterocycles. The number of amides is 1. The highest BCUT2D eigenvalue weighted by Crippen LogP contribution is 2.17. The zero-order valence-electron chi connectivity index (χ0n) is 10.0. The highest BCUT2D eigenvalue weighted by molar-refractivity contribution is 5.88. The van der Waals surface area contributed by atoms with E-state index < -0.39 is 12.4 Å². The van der Waals surface area contributed by atoms with Crippen molar-refractivity contribution >= 4 is 11.9 Å². The molecule has 0 spiro atoms. The zero-order valence-corrected chi connectivity index (χ0v) is 10.0. The second kappa shape index (κ2) is 4.65. The third kappa shape index (κ3) is 2.35. The van der Waals surface area contributed by atoms with Crippen molar-refractivity contribution in [3.8, 4) is 0 Å². The Morgan fingerprint density at radius 3 is 2.94 bits per heavy atom. The van der Waals surface area contributed by atoms with E-state index in [-0.39, 0.29) is 11.9 Å². The van der Waals surface area contributed by atoms with Crippen LogP contribution in [0.2, 0.25) is 0 Å². The van der Waals surface area contributed by atoms with E-state index in [1.54, 1.807) is 0 Å². The number of esters is 1. The van der Waals surface area contributed by atoms with Crippen molar-refractivity contribution in [2.45, 2.75) is 32.2 Å². The van der Waals surface area contributed by atoms with Crippen molar-refractivity contribution in [3.05, 3.63) is 12.4 Å². The summed E-state index contributed by atoms with van der Waals surface area (Å²) in [7, 11) is 1.84. The van der Waals surface area contributed by atoms with Gasteiger partial charge >= 0.3 is 5.97 Å². The van der Waals surface area contributed by atoms with E-state index in [9.17, 15) is 9.59 Å². The Hall–Kier alpha value is -1.72. The van der Waals surface area contributed by atoms with E-state index >= 15 is 0 Å². The van der Waals surface area contributed by atoms with Gasteiger partial charge in [-0.1, -0.05) is 0 Å². The molecule has 1 fully saturated rings. The first-order valence-corrected chi connectivity index (χ1v) is 5.77. The minimum atomic E-state index is -0.491. The highest BCUT2D eigenvalue weighted by Gasteiger charge is 2.33. The van der Waals surface area contributed by atoms with E-state index in [1.165, 1.54) is 0 Å². The Kier molecular flexibility index (Phi) is 3.21. The fourth-order valence-electron chi connectivity index (χ4n) is 1.96. The highest BCUT2D eigenvalue weighted by atomic mass is 16.6. The van der Waals surface area contributed by atoms with Crippen molar-refractivity contribution in [1.82, 2.24) is 15.1 Å². The van der Waals surface area contributed by atoms with Crippen LogP contribution in [-0.4, -0.2) is 47.7 Å². The van der Waals surface area contributed by atoms with Crippen LogP contribution in [0.15, 0.2) is 12.4 Å². The third-order valence-corrected chi connectivity index (χ3v) is 2.99. The molecule has 0 aromatic rings. The predicted octanol–water partition coefficient (Wildman–Crippen LogP) is -0.170. The largest absolute Gasteiger partial charge is 0.421 e. The Morgan fingerprint density at radius 2 is 2.35 bits per heavy atom. The molecule has 1 N–H and O–H groups in total. The van der Waals surface area contributed by atoms with Crippen molar-refractivity contribution in [2.24, 2.45) is 0 Å². The number of hydrogen-bond acceptors (Lipinski definition) is 5. The summed E-state index contributed by atoms with van der Waals surface area (Å²) in [4.78, 5) is 26.6. The van der Waals surface area contributed by atoms with Gasteiger partial charge in [-0.3, -0.25) is 4.79 Å². The average molecular weight is 239 g/mol. The second-order valence-corrected chi connectivity index (χ2v) is 4.22. The van der Waals surface area contributed by atoms with E-state index in [0.29, 0.717) is 12.8 Å². The second-order valence-electron chi connectivity index (χ2n) is 4.22. The van der Waals surface area contributed by atoms with Gasteiger partial charge in [-0.15, -0.1) is 0 Å². The number of hydrogen-bond donors (Lipinski definition) is 1. The van der Waals surface area contributed by atoms with E-state index in [2.05, 4.69) is 5.32 Å². The maximum Gasteiger partial charge on any atom is 0.331 e. The standard InChI is InChI=1S/C11H17N3O3/c1-3-14-7-6-13(2)11(14)17-10(16)8-4-5-9(15)12-8/h6-8,11H,3-5H2,1-2H3,(H,12,15). The van der Waals surface area contributed by atoms with Crippen LogP contribution in [0.4, 0.5) is 0 Å². The molecule has 2 atom stereocenters. The molecule has 1 saturated heterocycles. The summed E-state index contributed by atoms with van der Waals surface area (Å²) in [6.45, 7) is 2.75. The summed E-state index contributed by atoms with van der Waals surface area (Å²) in [5, 5.41) is 2.60. The summed E-state index contributed by atoms with van der Waals surface area (Å²) in [5.74, 6) is -0.452. The maximum atomic E-state index is 11.8. The van der Waals surface area contributed by atoms with Crippen LogP contribution >= 0.6 is 0 Å². The normalized spacial score (nSPS) is 27.5. The first-order valence-electron chi connectivity index (χ1n) is 5.77. The molecule has 0 aromatic carbocycles. The van der Waals surface area contributed by atoms with Crippen LogP contribution in [0.1, 0.15) is 19.8 Å². The van der Waals surface area contributed by atoms with Crippen molar-refractivity contribution in [1.29, 1.82) is 0 Å². The van der Waals surface area contributed by atoms with E-state index in [0.717, 1.165) is 6.54 Å². The molecule has 2 unspecified atom stereocenters. The molecular weight excluding hydrogens is 222 g/mol. The van der Waals surface area contributed by atoms with Crippen LogP contribution in [0.5, 0.6) is 0 Å². The summed E-state index contributed by atoms with van der Waals surface area (Å²) in [5.41, 5.74) is 0. The molecule has 0 aromatic heterocycles. The lowest BCUT2D eigenvalue weighted by molar-refractivity contribution is -0.169. The Balaban J connectivity index is 1.92. The van der Waals surface area contributed by atoms with Gasteiger partial charge in [0.2, 0.25) is 5.91 Å². The maximum absolute atomic E-state index is 11.8. The lowest BCUT2D eigenvalue weighted by Gasteiger charge is -2.29. The molecule has 0 bridgehead atoms. The summed E-state index contributed by atoms with van der Waals surface area (Å²) < 4.78 is 5.40. The number of carbonyl (C=O) groups is 2. The molecule has 0 saturated carbocycles. The molecule has 2 rings (SSSR count). The van der Waals surface area contributed by atoms with Crippen LogP contribution in [-0.2, 0) is 14.3 Å². The van der Waals surface area contributed by atoms with Gasteiger partial charge in [0, 0.05) is 32.4 Å². The molecule has 2 heterocycles. The lowest BCUT2D eigenvalue weighted by Crippen LogP contribution is -2.44. The van der Waals surface area contributed by atoms with Crippen molar-refractivity contribution in [2.75, 3.05) is 13.6 Å². The Labute approximate surface area is 100 Å². The van der Waals surface area contributed by atoms with Crippen LogP contribution in [0.3, 0.4) is 0 Å². The molecule has 1 amide bonds. The van der Waals surface area contributed by atoms with Gasteiger partial charge in [-0.25, -0.2) is 4.79 Å². The minimum Gasteiger partial charge on any atom is -0.421 e. The zero-order chi connectivity index (χ0) is 12.4. The van der Waals surface area contributed by atoms with Crippen LogP contribution < -0.4 is 5.32 Å². The van der Waals surface area contributed by atoms with Gasteiger partial charge in [0.1, 0.15) is 6.04 Å². The SMILES string of the molecule is CCN1C=CN(C)C1OC(=O)C1CCC(=O)N1. The Morgan fingerprint density at radius 1 is 1.59 bits per heavy atom. The Bertz CT molecular complexity index is 356.